The van der Waals surface area contributed by atoms with E-state index < -0.39 is 23.3 Å². The van der Waals surface area contributed by atoms with Crippen molar-refractivity contribution in [2.45, 2.75) is 32.8 Å². The topological polar surface area (TPSA) is 18.5 Å². The van der Waals surface area contributed by atoms with Crippen LogP contribution >= 0.6 is 0 Å². The fraction of sp³-hybridized carbons (Fsp3) is 0.400. The second-order valence-electron chi connectivity index (χ2n) is 6.70. The molecule has 0 aliphatic carbocycles. The van der Waals surface area contributed by atoms with E-state index in [0.717, 1.165) is 12.8 Å². The molecule has 140 valence electrons. The Morgan fingerprint density at radius 1 is 0.923 bits per heavy atom. The van der Waals surface area contributed by atoms with Crippen molar-refractivity contribution in [3.05, 3.63) is 53.1 Å². The third-order valence-electron chi connectivity index (χ3n) is 4.68. The van der Waals surface area contributed by atoms with Gasteiger partial charge in [0.1, 0.15) is 0 Å². The van der Waals surface area contributed by atoms with E-state index in [-0.39, 0.29) is 41.1 Å². The Morgan fingerprint density at radius 3 is 2.23 bits per heavy atom. The monoisotopic (exact) mass is 368 g/mol. The van der Waals surface area contributed by atoms with Crippen molar-refractivity contribution in [1.82, 2.24) is 0 Å². The molecule has 2 nitrogen and oxygen atoms in total. The first-order valence-electron chi connectivity index (χ1n) is 8.55. The highest BCUT2D eigenvalue weighted by atomic mass is 19.2. The quantitative estimate of drug-likeness (QED) is 0.672. The third-order valence-corrected chi connectivity index (χ3v) is 4.68. The Bertz CT molecular complexity index is 799. The van der Waals surface area contributed by atoms with Gasteiger partial charge in [0.05, 0.1) is 19.3 Å². The highest BCUT2D eigenvalue weighted by molar-refractivity contribution is 5.66. The lowest BCUT2D eigenvalue weighted by Crippen LogP contribution is -2.27. The second-order valence-corrected chi connectivity index (χ2v) is 6.70. The van der Waals surface area contributed by atoms with Crippen LogP contribution in [0.15, 0.2) is 24.3 Å². The van der Waals surface area contributed by atoms with E-state index in [0.29, 0.717) is 6.61 Å². The summed E-state index contributed by atoms with van der Waals surface area (Å²) < 4.78 is 67.4. The molecule has 2 aromatic carbocycles. The van der Waals surface area contributed by atoms with Crippen molar-refractivity contribution in [3.63, 3.8) is 0 Å². The number of hydrogen-bond acceptors (Lipinski definition) is 2. The van der Waals surface area contributed by atoms with Gasteiger partial charge in [-0.05, 0) is 44.4 Å². The zero-order valence-electron chi connectivity index (χ0n) is 14.6. The van der Waals surface area contributed by atoms with Gasteiger partial charge >= 0.3 is 0 Å². The molecule has 1 heterocycles. The molecule has 0 amide bonds. The Hall–Kier alpha value is -2.08. The van der Waals surface area contributed by atoms with Gasteiger partial charge in [-0.2, -0.15) is 4.39 Å². The molecular formula is C20H20F4O2. The van der Waals surface area contributed by atoms with Crippen molar-refractivity contribution in [1.29, 1.82) is 0 Å². The van der Waals surface area contributed by atoms with Gasteiger partial charge < -0.3 is 9.47 Å². The molecule has 0 N–H and O–H groups in total. The normalized spacial score (nSPS) is 20.2. The molecule has 6 heteroatoms. The number of hydrogen-bond donors (Lipinski definition) is 0. The maximum Gasteiger partial charge on any atom is 0.201 e. The lowest BCUT2D eigenvalue weighted by Gasteiger charge is -2.26. The van der Waals surface area contributed by atoms with Crippen molar-refractivity contribution in [2.24, 2.45) is 5.92 Å². The zero-order chi connectivity index (χ0) is 18.8. The summed E-state index contributed by atoms with van der Waals surface area (Å²) in [4.78, 5) is 0. The zero-order valence-corrected chi connectivity index (χ0v) is 14.6. The van der Waals surface area contributed by atoms with Gasteiger partial charge in [-0.25, -0.2) is 13.2 Å². The highest BCUT2D eigenvalue weighted by Crippen LogP contribution is 2.33. The fourth-order valence-electron chi connectivity index (χ4n) is 2.98. The predicted molar refractivity (Wildman–Crippen MR) is 90.1 cm³/mol. The lowest BCUT2D eigenvalue weighted by molar-refractivity contribution is -0.0175. The van der Waals surface area contributed by atoms with E-state index in [1.807, 2.05) is 6.92 Å². The molecular weight excluding hydrogens is 348 g/mol. The summed E-state index contributed by atoms with van der Waals surface area (Å²) >= 11 is 0. The van der Waals surface area contributed by atoms with Gasteiger partial charge in [0.15, 0.2) is 23.2 Å². The molecule has 1 aliphatic rings. The first-order chi connectivity index (χ1) is 12.4. The Balaban J connectivity index is 1.80. The molecule has 0 spiro atoms. The molecule has 0 aromatic heterocycles. The van der Waals surface area contributed by atoms with Gasteiger partial charge in [-0.3, -0.25) is 0 Å². The van der Waals surface area contributed by atoms with Crippen molar-refractivity contribution in [2.75, 3.05) is 13.2 Å². The molecule has 1 aliphatic heterocycles. The molecule has 2 aromatic rings. The minimum Gasteiger partial charge on any atom is -0.490 e. The molecule has 0 bridgehead atoms. The van der Waals surface area contributed by atoms with E-state index in [1.165, 1.54) is 31.2 Å². The van der Waals surface area contributed by atoms with Crippen LogP contribution in [0, 0.1) is 36.1 Å². The summed E-state index contributed by atoms with van der Waals surface area (Å²) in [6, 6.07) is 4.98. The molecule has 0 saturated carbocycles. The number of benzene rings is 2. The summed E-state index contributed by atoms with van der Waals surface area (Å²) in [5, 5.41) is 0. The average molecular weight is 368 g/mol. The molecule has 2 unspecified atom stereocenters. The van der Waals surface area contributed by atoms with Gasteiger partial charge in [-0.15, -0.1) is 0 Å². The van der Waals surface area contributed by atoms with Crippen LogP contribution in [0.4, 0.5) is 17.6 Å². The minimum atomic E-state index is -1.27. The summed E-state index contributed by atoms with van der Waals surface area (Å²) in [6.07, 6.45) is 1.98. The number of rotatable bonds is 4. The molecule has 26 heavy (non-hydrogen) atoms. The van der Waals surface area contributed by atoms with Crippen LogP contribution in [0.3, 0.4) is 0 Å². The molecule has 1 saturated heterocycles. The van der Waals surface area contributed by atoms with Crippen LogP contribution < -0.4 is 4.74 Å². The van der Waals surface area contributed by atoms with Crippen molar-refractivity contribution in [3.8, 4) is 16.9 Å². The van der Waals surface area contributed by atoms with Gasteiger partial charge in [-0.1, -0.05) is 12.1 Å². The van der Waals surface area contributed by atoms with E-state index >= 15 is 0 Å². The summed E-state index contributed by atoms with van der Waals surface area (Å²) in [7, 11) is 0. The van der Waals surface area contributed by atoms with Crippen LogP contribution in [0.5, 0.6) is 5.75 Å². The van der Waals surface area contributed by atoms with Gasteiger partial charge in [0.2, 0.25) is 5.82 Å². The van der Waals surface area contributed by atoms with E-state index in [2.05, 4.69) is 0 Å². The van der Waals surface area contributed by atoms with E-state index in [9.17, 15) is 17.6 Å². The van der Waals surface area contributed by atoms with E-state index in [1.54, 1.807) is 0 Å². The number of ether oxygens (including phenoxy) is 2. The third kappa shape index (κ3) is 3.70. The van der Waals surface area contributed by atoms with E-state index in [4.69, 9.17) is 9.47 Å². The second kappa shape index (κ2) is 7.66. The van der Waals surface area contributed by atoms with Crippen LogP contribution in [-0.4, -0.2) is 19.3 Å². The van der Waals surface area contributed by atoms with Crippen LogP contribution in [-0.2, 0) is 4.74 Å². The Kier molecular flexibility index (Phi) is 5.51. The summed E-state index contributed by atoms with van der Waals surface area (Å²) in [5.74, 6) is -4.90. The van der Waals surface area contributed by atoms with Gasteiger partial charge in [0.25, 0.3) is 0 Å². The van der Waals surface area contributed by atoms with Crippen LogP contribution in [0.2, 0.25) is 0 Å². The Morgan fingerprint density at radius 2 is 1.58 bits per heavy atom. The molecule has 2 atom stereocenters. The molecule has 3 rings (SSSR count). The maximum absolute atomic E-state index is 14.4. The Labute approximate surface area is 149 Å². The van der Waals surface area contributed by atoms with Crippen molar-refractivity contribution >= 4 is 0 Å². The summed E-state index contributed by atoms with van der Waals surface area (Å²) in [6.45, 7) is 4.09. The van der Waals surface area contributed by atoms with Gasteiger partial charge in [0, 0.05) is 17.0 Å². The van der Waals surface area contributed by atoms with Crippen molar-refractivity contribution < 1.29 is 27.0 Å². The first-order valence-corrected chi connectivity index (χ1v) is 8.55. The summed E-state index contributed by atoms with van der Waals surface area (Å²) in [5.41, 5.74) is -0.581. The van der Waals surface area contributed by atoms with Crippen LogP contribution in [0.1, 0.15) is 25.3 Å². The standard InChI is InChI=1S/C20H20F4O2/c1-11-3-6-14(18(22)17(11)21)15-7-8-16(20(24)19(15)23)26-10-13-5-4-12(2)25-9-13/h3,6-8,12-13H,4-5,9-10H2,1-2H3. The highest BCUT2D eigenvalue weighted by Gasteiger charge is 2.23. The van der Waals surface area contributed by atoms with Crippen LogP contribution in [0.25, 0.3) is 11.1 Å². The smallest absolute Gasteiger partial charge is 0.201 e. The minimum absolute atomic E-state index is 0.0936. The average Bonchev–Trinajstić information content (AvgIpc) is 2.63. The molecule has 0 radical (unpaired) electrons. The predicted octanol–water partition coefficient (Wildman–Crippen LogP) is 5.41. The fourth-order valence-corrected chi connectivity index (χ4v) is 2.98. The molecule has 1 fully saturated rings. The number of halogens is 4. The lowest BCUT2D eigenvalue weighted by atomic mass is 10.00. The number of aryl methyl sites for hydroxylation is 1. The largest absolute Gasteiger partial charge is 0.490 e. The SMILES string of the molecule is Cc1ccc(-c2ccc(OCC3CCC(C)OC3)c(F)c2F)c(F)c1F. The first kappa shape index (κ1) is 18.7. The maximum atomic E-state index is 14.4.